The zero-order chi connectivity index (χ0) is 16.1. The number of rotatable bonds is 3. The maximum absolute atomic E-state index is 12.3. The molecule has 3 rings (SSSR count). The third-order valence-electron chi connectivity index (χ3n) is 4.15. The summed E-state index contributed by atoms with van der Waals surface area (Å²) in [5.74, 6) is -3.37. The Kier molecular flexibility index (Phi) is 3.01. The fraction of sp³-hybridized carbons (Fsp3) is 0.333. The molecule has 22 heavy (non-hydrogen) atoms. The maximum atomic E-state index is 12.3. The van der Waals surface area contributed by atoms with Gasteiger partial charge < -0.3 is 9.57 Å². The molecule has 0 aromatic heterocycles. The molecule has 2 unspecified atom stereocenters. The number of nitrogens with zero attached hydrogens (tertiary/aromatic N) is 1. The fourth-order valence-corrected chi connectivity index (χ4v) is 2.67. The molecule has 0 N–H and O–H groups in total. The predicted molar refractivity (Wildman–Crippen MR) is 71.3 cm³/mol. The molecule has 1 aliphatic heterocycles. The molecule has 0 saturated heterocycles. The molecule has 2 atom stereocenters. The van der Waals surface area contributed by atoms with E-state index in [1.165, 1.54) is 19.2 Å². The van der Waals surface area contributed by atoms with Gasteiger partial charge in [0.05, 0.1) is 18.2 Å². The first-order valence-corrected chi connectivity index (χ1v) is 6.72. The number of carbonyl (C=O) groups excluding carboxylic acids is 4. The van der Waals surface area contributed by atoms with Crippen LogP contribution >= 0.6 is 0 Å². The molecule has 1 aromatic carbocycles. The Balaban J connectivity index is 1.84. The van der Waals surface area contributed by atoms with Crippen molar-refractivity contribution in [3.05, 3.63) is 35.4 Å². The lowest BCUT2D eigenvalue weighted by molar-refractivity contribution is -0.182. The summed E-state index contributed by atoms with van der Waals surface area (Å²) < 4.78 is 4.62. The molecule has 1 aliphatic carbocycles. The van der Waals surface area contributed by atoms with Crippen molar-refractivity contribution in [1.82, 2.24) is 5.06 Å². The van der Waals surface area contributed by atoms with Crippen LogP contribution in [0.1, 0.15) is 34.1 Å². The highest BCUT2D eigenvalue weighted by atomic mass is 16.7. The molecule has 114 valence electrons. The van der Waals surface area contributed by atoms with E-state index in [4.69, 9.17) is 4.84 Å². The first-order valence-electron chi connectivity index (χ1n) is 6.72. The summed E-state index contributed by atoms with van der Waals surface area (Å²) in [5.41, 5.74) is -1.10. The number of hydrogen-bond acceptors (Lipinski definition) is 6. The Bertz CT molecular complexity index is 677. The number of esters is 1. The number of fused-ring (bicyclic) bond motifs is 1. The molecular formula is C15H13NO6. The monoisotopic (exact) mass is 303 g/mol. The maximum Gasteiger partial charge on any atom is 0.350 e. The summed E-state index contributed by atoms with van der Waals surface area (Å²) in [6.45, 7) is 1.69. The van der Waals surface area contributed by atoms with Crippen LogP contribution < -0.4 is 0 Å². The normalized spacial score (nSPS) is 25.7. The fourth-order valence-electron chi connectivity index (χ4n) is 2.67. The number of ether oxygens (including phenoxy) is 1. The van der Waals surface area contributed by atoms with E-state index in [1.54, 1.807) is 19.1 Å². The van der Waals surface area contributed by atoms with E-state index in [-0.39, 0.29) is 23.5 Å². The second kappa shape index (κ2) is 4.66. The highest BCUT2D eigenvalue weighted by Crippen LogP contribution is 2.54. The van der Waals surface area contributed by atoms with E-state index in [9.17, 15) is 19.2 Å². The van der Waals surface area contributed by atoms with Crippen LogP contribution in [0, 0.1) is 11.3 Å². The minimum atomic E-state index is -1.43. The van der Waals surface area contributed by atoms with Crippen molar-refractivity contribution >= 4 is 23.8 Å². The van der Waals surface area contributed by atoms with Gasteiger partial charge in [-0.1, -0.05) is 24.1 Å². The lowest BCUT2D eigenvalue weighted by Gasteiger charge is -2.17. The molecule has 7 nitrogen and oxygen atoms in total. The van der Waals surface area contributed by atoms with Gasteiger partial charge in [-0.2, -0.15) is 0 Å². The SMILES string of the molecule is COC(=O)C1(C(=O)ON2C(=O)c3ccccc3C2=O)CC1C. The Morgan fingerprint density at radius 2 is 1.64 bits per heavy atom. The summed E-state index contributed by atoms with van der Waals surface area (Å²) in [4.78, 5) is 53.2. The number of hydroxylamine groups is 2. The highest BCUT2D eigenvalue weighted by molar-refractivity contribution is 6.21. The minimum absolute atomic E-state index is 0.163. The molecule has 1 fully saturated rings. The Morgan fingerprint density at radius 1 is 1.14 bits per heavy atom. The summed E-state index contributed by atoms with van der Waals surface area (Å²) in [7, 11) is 1.17. The lowest BCUT2D eigenvalue weighted by atomic mass is 10.1. The summed E-state index contributed by atoms with van der Waals surface area (Å²) in [6, 6.07) is 6.15. The van der Waals surface area contributed by atoms with Crippen molar-refractivity contribution in [2.45, 2.75) is 13.3 Å². The van der Waals surface area contributed by atoms with Crippen molar-refractivity contribution in [1.29, 1.82) is 0 Å². The van der Waals surface area contributed by atoms with Crippen LogP contribution in [0.25, 0.3) is 0 Å². The second-order valence-corrected chi connectivity index (χ2v) is 5.40. The first-order chi connectivity index (χ1) is 10.4. The van der Waals surface area contributed by atoms with Gasteiger partial charge in [-0.05, 0) is 24.5 Å². The van der Waals surface area contributed by atoms with Crippen LogP contribution in [0.3, 0.4) is 0 Å². The molecule has 1 aromatic rings. The molecule has 0 radical (unpaired) electrons. The van der Waals surface area contributed by atoms with Crippen LogP contribution in [-0.4, -0.2) is 35.9 Å². The highest BCUT2D eigenvalue weighted by Gasteiger charge is 2.67. The molecule has 2 aliphatic rings. The van der Waals surface area contributed by atoms with Crippen LogP contribution in [0.5, 0.6) is 0 Å². The van der Waals surface area contributed by atoms with Gasteiger partial charge in [0.2, 0.25) is 0 Å². The van der Waals surface area contributed by atoms with Crippen LogP contribution in [-0.2, 0) is 19.2 Å². The zero-order valence-electron chi connectivity index (χ0n) is 12.0. The molecular weight excluding hydrogens is 290 g/mol. The average molecular weight is 303 g/mol. The van der Waals surface area contributed by atoms with Gasteiger partial charge in [0.25, 0.3) is 11.8 Å². The van der Waals surface area contributed by atoms with Crippen molar-refractivity contribution < 1.29 is 28.8 Å². The van der Waals surface area contributed by atoms with E-state index in [2.05, 4.69) is 4.74 Å². The number of methoxy groups -OCH3 is 1. The van der Waals surface area contributed by atoms with E-state index in [1.807, 2.05) is 0 Å². The Labute approximate surface area is 125 Å². The van der Waals surface area contributed by atoms with E-state index < -0.39 is 29.2 Å². The smallest absolute Gasteiger partial charge is 0.350 e. The number of imide groups is 1. The van der Waals surface area contributed by atoms with Gasteiger partial charge in [0, 0.05) is 0 Å². The second-order valence-electron chi connectivity index (χ2n) is 5.40. The number of hydrogen-bond donors (Lipinski definition) is 0. The van der Waals surface area contributed by atoms with E-state index in [0.717, 1.165) is 0 Å². The number of benzene rings is 1. The topological polar surface area (TPSA) is 90.0 Å². The molecule has 0 spiro atoms. The zero-order valence-corrected chi connectivity index (χ0v) is 12.0. The largest absolute Gasteiger partial charge is 0.468 e. The summed E-state index contributed by atoms with van der Waals surface area (Å²) in [5, 5.41) is 0.405. The van der Waals surface area contributed by atoms with E-state index in [0.29, 0.717) is 5.06 Å². The van der Waals surface area contributed by atoms with Gasteiger partial charge in [-0.15, -0.1) is 0 Å². The molecule has 1 saturated carbocycles. The van der Waals surface area contributed by atoms with Crippen molar-refractivity contribution in [3.8, 4) is 0 Å². The van der Waals surface area contributed by atoms with Gasteiger partial charge in [0.1, 0.15) is 0 Å². The van der Waals surface area contributed by atoms with Crippen LogP contribution in [0.15, 0.2) is 24.3 Å². The number of amides is 2. The van der Waals surface area contributed by atoms with Gasteiger partial charge in [-0.3, -0.25) is 14.4 Å². The average Bonchev–Trinajstić information content (AvgIpc) is 3.16. The number of carbonyl (C=O) groups is 4. The lowest BCUT2D eigenvalue weighted by Crippen LogP contribution is -2.39. The standard InChI is InChI=1S/C15H13NO6/c1-8-7-15(8,13(19)21-2)14(20)22-16-11(17)9-5-3-4-6-10(9)12(16)18/h3-6,8H,7H2,1-2H3. The molecule has 7 heteroatoms. The van der Waals surface area contributed by atoms with Gasteiger partial charge >= 0.3 is 11.9 Å². The quantitative estimate of drug-likeness (QED) is 0.469. The van der Waals surface area contributed by atoms with Crippen molar-refractivity contribution in [2.24, 2.45) is 11.3 Å². The Morgan fingerprint density at radius 3 is 2.05 bits per heavy atom. The van der Waals surface area contributed by atoms with Crippen molar-refractivity contribution in [2.75, 3.05) is 7.11 Å². The summed E-state index contributed by atoms with van der Waals surface area (Å²) in [6.07, 6.45) is 0.266. The third kappa shape index (κ3) is 1.75. The summed E-state index contributed by atoms with van der Waals surface area (Å²) >= 11 is 0. The molecule has 1 heterocycles. The van der Waals surface area contributed by atoms with Crippen LogP contribution in [0.4, 0.5) is 0 Å². The van der Waals surface area contributed by atoms with Gasteiger partial charge in [-0.25, -0.2) is 4.79 Å². The molecule has 0 bridgehead atoms. The predicted octanol–water partition coefficient (Wildman–Crippen LogP) is 0.940. The van der Waals surface area contributed by atoms with Crippen LogP contribution in [0.2, 0.25) is 0 Å². The Hall–Kier alpha value is -2.70. The first kappa shape index (κ1) is 14.2. The van der Waals surface area contributed by atoms with Gasteiger partial charge in [0.15, 0.2) is 5.41 Å². The minimum Gasteiger partial charge on any atom is -0.468 e. The third-order valence-corrected chi connectivity index (χ3v) is 4.15. The van der Waals surface area contributed by atoms with Crippen molar-refractivity contribution in [3.63, 3.8) is 0 Å². The molecule has 2 amide bonds. The van der Waals surface area contributed by atoms with E-state index >= 15 is 0 Å².